The molecular formula is C15H17N5O2S. The zero-order chi connectivity index (χ0) is 16.4. The van der Waals surface area contributed by atoms with Crippen molar-refractivity contribution < 1.29 is 9.53 Å². The van der Waals surface area contributed by atoms with Crippen molar-refractivity contribution in [3.63, 3.8) is 0 Å². The number of ether oxygens (including phenoxy) is 1. The van der Waals surface area contributed by atoms with Crippen LogP contribution in [0.3, 0.4) is 0 Å². The Hall–Kier alpha value is -2.61. The molecule has 0 aliphatic carbocycles. The molecule has 8 heteroatoms. The van der Waals surface area contributed by atoms with Crippen LogP contribution in [-0.4, -0.2) is 47.2 Å². The first-order valence-corrected chi connectivity index (χ1v) is 7.82. The molecule has 2 heterocycles. The summed E-state index contributed by atoms with van der Waals surface area (Å²) in [6, 6.07) is 5.79. The minimum atomic E-state index is -0.102. The lowest BCUT2D eigenvalue weighted by atomic mass is 10.3. The molecule has 0 saturated heterocycles. The number of amides is 1. The molecule has 0 unspecified atom stereocenters. The molecule has 0 saturated carbocycles. The Balaban J connectivity index is 1.76. The highest BCUT2D eigenvalue weighted by Crippen LogP contribution is 2.26. The number of H-pyrrole nitrogens is 1. The van der Waals surface area contributed by atoms with Gasteiger partial charge in [-0.1, -0.05) is 0 Å². The lowest BCUT2D eigenvalue weighted by molar-refractivity contribution is 0.0828. The summed E-state index contributed by atoms with van der Waals surface area (Å²) in [5.41, 5.74) is 1.44. The van der Waals surface area contributed by atoms with E-state index in [0.717, 1.165) is 21.0 Å². The number of methoxy groups -OCH3 is 1. The number of aromatic amines is 1. The van der Waals surface area contributed by atoms with Crippen molar-refractivity contribution in [2.45, 2.75) is 6.54 Å². The second kappa shape index (κ2) is 6.25. The topological polar surface area (TPSA) is 83.1 Å². The summed E-state index contributed by atoms with van der Waals surface area (Å²) in [6.45, 7) is 0.511. The van der Waals surface area contributed by atoms with Crippen molar-refractivity contribution in [1.29, 1.82) is 0 Å². The predicted octanol–water partition coefficient (Wildman–Crippen LogP) is 2.34. The molecule has 120 valence electrons. The Kier molecular flexibility index (Phi) is 4.16. The zero-order valence-electron chi connectivity index (χ0n) is 13.1. The molecule has 0 aliphatic rings. The average molecular weight is 331 g/mol. The minimum Gasteiger partial charge on any atom is -0.497 e. The summed E-state index contributed by atoms with van der Waals surface area (Å²) < 4.78 is 6.29. The maximum Gasteiger partial charge on any atom is 0.258 e. The third-order valence-corrected chi connectivity index (χ3v) is 4.35. The molecule has 3 aromatic rings. The highest BCUT2D eigenvalue weighted by Gasteiger charge is 2.15. The Labute approximate surface area is 137 Å². The van der Waals surface area contributed by atoms with Gasteiger partial charge in [-0.25, -0.2) is 4.98 Å². The molecule has 7 nitrogen and oxygen atoms in total. The van der Waals surface area contributed by atoms with E-state index in [0.29, 0.717) is 17.9 Å². The molecule has 23 heavy (non-hydrogen) atoms. The fourth-order valence-corrected chi connectivity index (χ4v) is 3.08. The summed E-state index contributed by atoms with van der Waals surface area (Å²) in [4.78, 5) is 18.1. The fraction of sp³-hybridized carbons (Fsp3) is 0.267. The molecule has 2 aromatic heterocycles. The van der Waals surface area contributed by atoms with E-state index in [1.54, 1.807) is 32.5 Å². The summed E-state index contributed by atoms with van der Waals surface area (Å²) >= 11 is 1.59. The number of fused-ring (bicyclic) bond motifs is 1. The Morgan fingerprint density at radius 2 is 2.26 bits per heavy atom. The van der Waals surface area contributed by atoms with Crippen molar-refractivity contribution in [3.8, 4) is 5.75 Å². The number of thiazole rings is 1. The lowest BCUT2D eigenvalue weighted by Crippen LogP contribution is -2.22. The molecule has 2 N–H and O–H groups in total. The third kappa shape index (κ3) is 3.11. The first-order chi connectivity index (χ1) is 11.1. The van der Waals surface area contributed by atoms with Gasteiger partial charge in [-0.3, -0.25) is 9.89 Å². The van der Waals surface area contributed by atoms with Gasteiger partial charge in [-0.2, -0.15) is 5.10 Å². The molecule has 3 rings (SSSR count). The molecule has 0 radical (unpaired) electrons. The maximum absolute atomic E-state index is 12.0. The van der Waals surface area contributed by atoms with E-state index < -0.39 is 0 Å². The highest BCUT2D eigenvalue weighted by atomic mass is 32.1. The Morgan fingerprint density at radius 3 is 3.00 bits per heavy atom. The number of nitrogens with one attached hydrogen (secondary N) is 2. The number of hydrogen-bond acceptors (Lipinski definition) is 6. The van der Waals surface area contributed by atoms with Gasteiger partial charge in [0, 0.05) is 14.1 Å². The van der Waals surface area contributed by atoms with Gasteiger partial charge in [0.05, 0.1) is 30.1 Å². The van der Waals surface area contributed by atoms with E-state index in [9.17, 15) is 4.79 Å². The van der Waals surface area contributed by atoms with E-state index in [2.05, 4.69) is 20.5 Å². The van der Waals surface area contributed by atoms with Crippen LogP contribution >= 0.6 is 11.3 Å². The van der Waals surface area contributed by atoms with Crippen LogP contribution in [0.25, 0.3) is 10.2 Å². The second-order valence-corrected chi connectivity index (χ2v) is 6.27. The van der Waals surface area contributed by atoms with Crippen LogP contribution in [0.1, 0.15) is 15.4 Å². The van der Waals surface area contributed by atoms with Crippen LogP contribution in [0.2, 0.25) is 0 Å². The molecule has 0 fully saturated rings. The summed E-state index contributed by atoms with van der Waals surface area (Å²) in [6.07, 6.45) is 1.52. The standard InChI is InChI=1S/C15H17N5O2S/c1-20(2)15(21)10-7-17-19-14(10)16-8-13-18-11-5-4-9(22-3)6-12(11)23-13/h4-7H,8H2,1-3H3,(H2,16,17,19). The van der Waals surface area contributed by atoms with Crippen LogP contribution in [0.4, 0.5) is 5.82 Å². The summed E-state index contributed by atoms with van der Waals surface area (Å²) in [7, 11) is 5.06. The number of carbonyl (C=O) groups is 1. The quantitative estimate of drug-likeness (QED) is 0.750. The van der Waals surface area contributed by atoms with Gasteiger partial charge in [-0.05, 0) is 18.2 Å². The van der Waals surface area contributed by atoms with Crippen LogP contribution in [0, 0.1) is 0 Å². The zero-order valence-corrected chi connectivity index (χ0v) is 13.9. The molecule has 1 aromatic carbocycles. The van der Waals surface area contributed by atoms with Gasteiger partial charge in [-0.15, -0.1) is 11.3 Å². The van der Waals surface area contributed by atoms with Gasteiger partial charge in [0.15, 0.2) is 0 Å². The van der Waals surface area contributed by atoms with Gasteiger partial charge >= 0.3 is 0 Å². The van der Waals surface area contributed by atoms with Gasteiger partial charge < -0.3 is 15.0 Å². The number of hydrogen-bond donors (Lipinski definition) is 2. The van der Waals surface area contributed by atoms with Crippen LogP contribution in [-0.2, 0) is 6.54 Å². The van der Waals surface area contributed by atoms with Crippen molar-refractivity contribution >= 4 is 33.3 Å². The normalized spacial score (nSPS) is 10.7. The summed E-state index contributed by atoms with van der Waals surface area (Å²) in [5, 5.41) is 10.9. The van der Waals surface area contributed by atoms with E-state index >= 15 is 0 Å². The van der Waals surface area contributed by atoms with Crippen molar-refractivity contribution in [2.24, 2.45) is 0 Å². The van der Waals surface area contributed by atoms with Crippen molar-refractivity contribution in [1.82, 2.24) is 20.1 Å². The first kappa shape index (κ1) is 15.3. The van der Waals surface area contributed by atoms with E-state index in [1.807, 2.05) is 18.2 Å². The molecule has 0 aliphatic heterocycles. The average Bonchev–Trinajstić information content (AvgIpc) is 3.17. The fourth-order valence-electron chi connectivity index (χ4n) is 2.14. The number of nitrogens with zero attached hydrogens (tertiary/aromatic N) is 3. The third-order valence-electron chi connectivity index (χ3n) is 3.33. The monoisotopic (exact) mass is 331 g/mol. The van der Waals surface area contributed by atoms with Crippen molar-refractivity contribution in [3.05, 3.63) is 35.0 Å². The van der Waals surface area contributed by atoms with Crippen LogP contribution in [0.15, 0.2) is 24.4 Å². The Morgan fingerprint density at radius 1 is 1.43 bits per heavy atom. The number of carbonyl (C=O) groups excluding carboxylic acids is 1. The summed E-state index contributed by atoms with van der Waals surface area (Å²) in [5.74, 6) is 1.31. The van der Waals surface area contributed by atoms with Crippen LogP contribution < -0.4 is 10.1 Å². The molecule has 0 atom stereocenters. The van der Waals surface area contributed by atoms with Gasteiger partial charge in [0.25, 0.3) is 5.91 Å². The molecule has 0 spiro atoms. The van der Waals surface area contributed by atoms with Crippen LogP contribution in [0.5, 0.6) is 5.75 Å². The first-order valence-electron chi connectivity index (χ1n) is 7.01. The largest absolute Gasteiger partial charge is 0.497 e. The number of anilines is 1. The number of rotatable bonds is 5. The lowest BCUT2D eigenvalue weighted by Gasteiger charge is -2.10. The maximum atomic E-state index is 12.0. The van der Waals surface area contributed by atoms with E-state index in [4.69, 9.17) is 4.74 Å². The smallest absolute Gasteiger partial charge is 0.258 e. The number of aromatic nitrogens is 3. The van der Waals surface area contributed by atoms with E-state index in [1.165, 1.54) is 11.1 Å². The Bertz CT molecular complexity index is 839. The number of benzene rings is 1. The highest BCUT2D eigenvalue weighted by molar-refractivity contribution is 7.18. The SMILES string of the molecule is COc1ccc2nc(CNc3[nH]ncc3C(=O)N(C)C)sc2c1. The van der Waals surface area contributed by atoms with Gasteiger partial charge in [0.1, 0.15) is 22.1 Å². The van der Waals surface area contributed by atoms with Gasteiger partial charge in [0.2, 0.25) is 0 Å². The molecule has 1 amide bonds. The molecule has 0 bridgehead atoms. The molecular weight excluding hydrogens is 314 g/mol. The van der Waals surface area contributed by atoms with Crippen molar-refractivity contribution in [2.75, 3.05) is 26.5 Å². The second-order valence-electron chi connectivity index (χ2n) is 5.15. The predicted molar refractivity (Wildman–Crippen MR) is 90.1 cm³/mol. The van der Waals surface area contributed by atoms with E-state index in [-0.39, 0.29) is 5.91 Å². The minimum absolute atomic E-state index is 0.102.